The maximum Gasteiger partial charge on any atom is 0.321 e. The van der Waals surface area contributed by atoms with Gasteiger partial charge in [-0.25, -0.2) is 14.2 Å². The summed E-state index contributed by atoms with van der Waals surface area (Å²) < 4.78 is 13.0. The van der Waals surface area contributed by atoms with E-state index in [9.17, 15) is 14.0 Å². The number of anilines is 1. The number of H-pyrrole nitrogens is 1. The van der Waals surface area contributed by atoms with Gasteiger partial charge in [0.05, 0.1) is 6.33 Å². The fourth-order valence-corrected chi connectivity index (χ4v) is 4.31. The lowest BCUT2D eigenvalue weighted by atomic mass is 9.72. The van der Waals surface area contributed by atoms with E-state index < -0.39 is 0 Å². The maximum atomic E-state index is 13.0. The van der Waals surface area contributed by atoms with Crippen LogP contribution >= 0.6 is 0 Å². The number of carbonyl (C=O) groups excluding carboxylic acids is 2. The molecule has 2 aliphatic heterocycles. The van der Waals surface area contributed by atoms with Crippen LogP contribution in [0, 0.1) is 11.2 Å². The van der Waals surface area contributed by atoms with Crippen molar-refractivity contribution in [1.82, 2.24) is 19.8 Å². The number of nitrogens with one attached hydrogen (secondary N) is 2. The van der Waals surface area contributed by atoms with Crippen LogP contribution in [0.15, 0.2) is 36.8 Å². The third-order valence-corrected chi connectivity index (χ3v) is 6.16. The highest BCUT2D eigenvalue weighted by Gasteiger charge is 2.41. The number of likely N-dealkylation sites (tertiary alicyclic amines) is 2. The van der Waals surface area contributed by atoms with Gasteiger partial charge in [-0.1, -0.05) is 0 Å². The third-order valence-electron chi connectivity index (χ3n) is 6.16. The second-order valence-corrected chi connectivity index (χ2v) is 8.07. The van der Waals surface area contributed by atoms with Crippen LogP contribution in [0.3, 0.4) is 0 Å². The highest BCUT2D eigenvalue weighted by Crippen LogP contribution is 2.40. The maximum absolute atomic E-state index is 13.0. The second-order valence-electron chi connectivity index (χ2n) is 8.07. The van der Waals surface area contributed by atoms with Crippen LogP contribution in [0.2, 0.25) is 0 Å². The van der Waals surface area contributed by atoms with E-state index in [0.717, 1.165) is 37.9 Å². The Hall–Kier alpha value is -2.90. The molecule has 2 saturated heterocycles. The lowest BCUT2D eigenvalue weighted by Gasteiger charge is -2.47. The summed E-state index contributed by atoms with van der Waals surface area (Å²) in [5.41, 5.74) is 1.71. The number of benzene rings is 1. The van der Waals surface area contributed by atoms with Gasteiger partial charge in [-0.05, 0) is 48.9 Å². The molecule has 4 rings (SSSR count). The quantitative estimate of drug-likeness (QED) is 0.829. The highest BCUT2D eigenvalue weighted by atomic mass is 19.1. The molecule has 2 aliphatic rings. The average Bonchev–Trinajstić information content (AvgIpc) is 3.25. The molecule has 2 fully saturated rings. The third kappa shape index (κ3) is 4.58. The fourth-order valence-electron chi connectivity index (χ4n) is 4.31. The predicted octanol–water partition coefficient (Wildman–Crippen LogP) is 3.03. The van der Waals surface area contributed by atoms with Crippen molar-refractivity contribution in [2.75, 3.05) is 31.5 Å². The van der Waals surface area contributed by atoms with Crippen molar-refractivity contribution >= 4 is 17.6 Å². The first-order valence-electron chi connectivity index (χ1n) is 10.1. The summed E-state index contributed by atoms with van der Waals surface area (Å²) in [4.78, 5) is 35.8. The number of piperidine rings is 2. The van der Waals surface area contributed by atoms with Gasteiger partial charge in [0.2, 0.25) is 5.91 Å². The SMILES string of the molecule is O=C1CCC2(CCN(C(=O)Nc3ccc(F)cc3)CC2)CN1CCc1cnc[nH]1. The van der Waals surface area contributed by atoms with Crippen LogP contribution in [0.25, 0.3) is 0 Å². The summed E-state index contributed by atoms with van der Waals surface area (Å²) in [5, 5.41) is 2.83. The Morgan fingerprint density at radius 2 is 1.97 bits per heavy atom. The van der Waals surface area contributed by atoms with E-state index in [0.29, 0.717) is 31.7 Å². The molecule has 154 valence electrons. The molecule has 29 heavy (non-hydrogen) atoms. The lowest BCUT2D eigenvalue weighted by Crippen LogP contribution is -2.53. The standard InChI is InChI=1S/C21H26FN5O2/c22-16-1-3-17(4-2-16)25-20(29)26-11-8-21(9-12-26)7-5-19(28)27(14-21)10-6-18-13-23-15-24-18/h1-4,13,15H,5-12,14H2,(H,23,24)(H,25,29). The minimum absolute atomic E-state index is 0.0918. The topological polar surface area (TPSA) is 81.3 Å². The van der Waals surface area contributed by atoms with Crippen molar-refractivity contribution < 1.29 is 14.0 Å². The van der Waals surface area contributed by atoms with Gasteiger partial charge < -0.3 is 20.1 Å². The van der Waals surface area contributed by atoms with Crippen LogP contribution in [0.4, 0.5) is 14.9 Å². The lowest BCUT2D eigenvalue weighted by molar-refractivity contribution is -0.138. The van der Waals surface area contributed by atoms with Gasteiger partial charge in [-0.3, -0.25) is 4.79 Å². The van der Waals surface area contributed by atoms with Crippen LogP contribution in [-0.4, -0.2) is 57.9 Å². The number of aromatic amines is 1. The van der Waals surface area contributed by atoms with E-state index >= 15 is 0 Å². The predicted molar refractivity (Wildman–Crippen MR) is 107 cm³/mol. The van der Waals surface area contributed by atoms with Gasteiger partial charge in [-0.2, -0.15) is 0 Å². The zero-order valence-electron chi connectivity index (χ0n) is 16.4. The van der Waals surface area contributed by atoms with Crippen LogP contribution in [0.1, 0.15) is 31.4 Å². The molecule has 3 amide bonds. The van der Waals surface area contributed by atoms with E-state index in [1.165, 1.54) is 12.1 Å². The van der Waals surface area contributed by atoms with Gasteiger partial charge >= 0.3 is 6.03 Å². The average molecular weight is 399 g/mol. The summed E-state index contributed by atoms with van der Waals surface area (Å²) in [7, 11) is 0. The van der Waals surface area contributed by atoms with E-state index in [4.69, 9.17) is 0 Å². The summed E-state index contributed by atoms with van der Waals surface area (Å²) in [5.74, 6) is -0.113. The molecule has 0 aliphatic carbocycles. The fraction of sp³-hybridized carbons (Fsp3) is 0.476. The number of aromatic nitrogens is 2. The summed E-state index contributed by atoms with van der Waals surface area (Å²) in [6.45, 7) is 2.77. The molecular weight excluding hydrogens is 373 g/mol. The number of rotatable bonds is 4. The molecule has 1 aromatic carbocycles. The van der Waals surface area contributed by atoms with Crippen LogP contribution in [0.5, 0.6) is 0 Å². The molecule has 8 heteroatoms. The van der Waals surface area contributed by atoms with Gasteiger partial charge in [-0.15, -0.1) is 0 Å². The Morgan fingerprint density at radius 1 is 1.21 bits per heavy atom. The largest absolute Gasteiger partial charge is 0.348 e. The smallest absolute Gasteiger partial charge is 0.321 e. The highest BCUT2D eigenvalue weighted by molar-refractivity contribution is 5.89. The summed E-state index contributed by atoms with van der Waals surface area (Å²) in [6.07, 6.45) is 7.46. The number of hydrogen-bond acceptors (Lipinski definition) is 3. The number of urea groups is 1. The summed E-state index contributed by atoms with van der Waals surface area (Å²) >= 11 is 0. The molecule has 2 N–H and O–H groups in total. The van der Waals surface area contributed by atoms with Crippen molar-refractivity contribution in [1.29, 1.82) is 0 Å². The number of hydrogen-bond donors (Lipinski definition) is 2. The zero-order valence-corrected chi connectivity index (χ0v) is 16.4. The van der Waals surface area contributed by atoms with Crippen molar-refractivity contribution in [2.24, 2.45) is 5.41 Å². The van der Waals surface area contributed by atoms with E-state index in [1.807, 2.05) is 4.90 Å². The van der Waals surface area contributed by atoms with Crippen molar-refractivity contribution in [3.8, 4) is 0 Å². The van der Waals surface area contributed by atoms with Gasteiger partial charge in [0, 0.05) is 56.6 Å². The number of imidazole rings is 1. The normalized spacial score (nSPS) is 18.9. The van der Waals surface area contributed by atoms with Gasteiger partial charge in [0.1, 0.15) is 5.82 Å². The molecule has 1 aromatic heterocycles. The monoisotopic (exact) mass is 399 g/mol. The molecule has 7 nitrogen and oxygen atoms in total. The Bertz CT molecular complexity index is 844. The molecule has 2 aromatic rings. The first kappa shape index (κ1) is 19.4. The van der Waals surface area contributed by atoms with E-state index in [2.05, 4.69) is 15.3 Å². The minimum Gasteiger partial charge on any atom is -0.348 e. The molecular formula is C21H26FN5O2. The Labute approximate surface area is 169 Å². The second kappa shape index (κ2) is 8.23. The van der Waals surface area contributed by atoms with E-state index in [-0.39, 0.29) is 23.2 Å². The molecule has 0 atom stereocenters. The van der Waals surface area contributed by atoms with Crippen LogP contribution < -0.4 is 5.32 Å². The number of halogens is 1. The Morgan fingerprint density at radius 3 is 2.66 bits per heavy atom. The van der Waals surface area contributed by atoms with Crippen molar-refractivity contribution in [3.63, 3.8) is 0 Å². The first-order valence-corrected chi connectivity index (χ1v) is 10.1. The zero-order chi connectivity index (χ0) is 20.3. The van der Waals surface area contributed by atoms with Crippen LogP contribution in [-0.2, 0) is 11.2 Å². The number of amides is 3. The van der Waals surface area contributed by atoms with Crippen molar-refractivity contribution in [3.05, 3.63) is 48.3 Å². The first-order chi connectivity index (χ1) is 14.0. The number of carbonyl (C=O) groups is 2. The Kier molecular flexibility index (Phi) is 5.51. The van der Waals surface area contributed by atoms with Gasteiger partial charge in [0.15, 0.2) is 0 Å². The van der Waals surface area contributed by atoms with Crippen molar-refractivity contribution in [2.45, 2.75) is 32.1 Å². The molecule has 0 unspecified atom stereocenters. The Balaban J connectivity index is 1.30. The van der Waals surface area contributed by atoms with E-state index in [1.54, 1.807) is 29.6 Å². The molecule has 3 heterocycles. The molecule has 0 bridgehead atoms. The van der Waals surface area contributed by atoms with Gasteiger partial charge in [0.25, 0.3) is 0 Å². The number of nitrogens with zero attached hydrogens (tertiary/aromatic N) is 3. The molecule has 1 spiro atoms. The minimum atomic E-state index is -0.327. The molecule has 0 saturated carbocycles. The summed E-state index contributed by atoms with van der Waals surface area (Å²) in [6, 6.07) is 5.62. The molecule has 0 radical (unpaired) electrons.